The summed E-state index contributed by atoms with van der Waals surface area (Å²) in [6, 6.07) is 5.06. The summed E-state index contributed by atoms with van der Waals surface area (Å²) in [6.07, 6.45) is 0.710. The van der Waals surface area contributed by atoms with E-state index in [1.807, 2.05) is 6.07 Å². The molecule has 32 heavy (non-hydrogen) atoms. The van der Waals surface area contributed by atoms with Crippen molar-refractivity contribution in [3.05, 3.63) is 23.3 Å². The Labute approximate surface area is 186 Å². The van der Waals surface area contributed by atoms with Crippen LogP contribution >= 0.6 is 11.3 Å². The van der Waals surface area contributed by atoms with Crippen LogP contribution in [0, 0.1) is 17.2 Å². The maximum atomic E-state index is 13.1. The Morgan fingerprint density at radius 1 is 1.34 bits per heavy atom. The van der Waals surface area contributed by atoms with Gasteiger partial charge in [0.25, 0.3) is 6.43 Å². The highest BCUT2D eigenvalue weighted by atomic mass is 32.2. The highest BCUT2D eigenvalue weighted by Crippen LogP contribution is 2.39. The van der Waals surface area contributed by atoms with Crippen LogP contribution in [0.5, 0.6) is 0 Å². The Kier molecular flexibility index (Phi) is 4.92. The molecule has 9 nitrogen and oxygen atoms in total. The molecule has 3 aromatic rings. The monoisotopic (exact) mass is 479 g/mol. The number of fused-ring (bicyclic) bond motifs is 1. The van der Waals surface area contributed by atoms with E-state index in [2.05, 4.69) is 31.8 Å². The van der Waals surface area contributed by atoms with E-state index in [0.29, 0.717) is 46.7 Å². The maximum Gasteiger partial charge on any atom is 0.291 e. The molecule has 168 valence electrons. The summed E-state index contributed by atoms with van der Waals surface area (Å²) in [4.78, 5) is 2.08. The van der Waals surface area contributed by atoms with Gasteiger partial charge >= 0.3 is 0 Å². The van der Waals surface area contributed by atoms with Crippen LogP contribution in [0.1, 0.15) is 37.6 Å². The lowest BCUT2D eigenvalue weighted by atomic mass is 10.2. The highest BCUT2D eigenvalue weighted by molar-refractivity contribution is 7.89. The molecule has 1 saturated carbocycles. The summed E-state index contributed by atoms with van der Waals surface area (Å²) < 4.78 is 56.2. The fourth-order valence-electron chi connectivity index (χ4n) is 3.88. The Morgan fingerprint density at radius 3 is 2.72 bits per heavy atom. The third-order valence-electron chi connectivity index (χ3n) is 5.81. The van der Waals surface area contributed by atoms with Crippen molar-refractivity contribution >= 4 is 38.0 Å². The zero-order chi connectivity index (χ0) is 22.7. The molecule has 3 heterocycles. The van der Waals surface area contributed by atoms with Crippen molar-refractivity contribution in [2.75, 3.05) is 18.0 Å². The first-order chi connectivity index (χ1) is 15.2. The van der Waals surface area contributed by atoms with Gasteiger partial charge in [0.2, 0.25) is 15.2 Å². The fourth-order valence-corrected chi connectivity index (χ4v) is 5.97. The number of benzene rings is 1. The molecule has 1 aliphatic heterocycles. The van der Waals surface area contributed by atoms with E-state index in [-0.39, 0.29) is 10.0 Å². The minimum atomic E-state index is -4.00. The first-order valence-electron chi connectivity index (χ1n) is 10.1. The molecule has 13 heteroatoms. The molecule has 5 rings (SSSR count). The number of halogens is 2. The number of nitrogens with one attached hydrogen (secondary N) is 1. The number of rotatable bonds is 6. The summed E-state index contributed by atoms with van der Waals surface area (Å²) >= 11 is 0.696. The minimum Gasteiger partial charge on any atom is -0.371 e. The van der Waals surface area contributed by atoms with E-state index in [0.717, 1.165) is 19.5 Å². The van der Waals surface area contributed by atoms with E-state index in [1.165, 1.54) is 10.7 Å². The third kappa shape index (κ3) is 3.62. The maximum absolute atomic E-state index is 13.1. The van der Waals surface area contributed by atoms with Gasteiger partial charge in [-0.3, -0.25) is 0 Å². The second-order valence-electron chi connectivity index (χ2n) is 8.29. The largest absolute Gasteiger partial charge is 0.371 e. The molecule has 0 bridgehead atoms. The number of aromatic nitrogens is 4. The lowest BCUT2D eigenvalue weighted by molar-refractivity contribution is 0.150. The third-order valence-corrected chi connectivity index (χ3v) is 8.23. The smallest absolute Gasteiger partial charge is 0.291 e. The summed E-state index contributed by atoms with van der Waals surface area (Å²) in [6.45, 7) is 3.64. The summed E-state index contributed by atoms with van der Waals surface area (Å²) in [7, 11) is -4.00. The van der Waals surface area contributed by atoms with Crippen LogP contribution in [-0.2, 0) is 10.0 Å². The Morgan fingerprint density at radius 2 is 2.12 bits per heavy atom. The molecule has 1 unspecified atom stereocenters. The molecule has 1 aliphatic carbocycles. The first-order valence-corrected chi connectivity index (χ1v) is 12.4. The van der Waals surface area contributed by atoms with Gasteiger partial charge in [-0.15, -0.1) is 10.2 Å². The van der Waals surface area contributed by atoms with Gasteiger partial charge < -0.3 is 4.90 Å². The number of alkyl halides is 2. The van der Waals surface area contributed by atoms with Gasteiger partial charge in [0.15, 0.2) is 5.01 Å². The van der Waals surface area contributed by atoms with Gasteiger partial charge in [-0.25, -0.2) is 21.9 Å². The number of hydrogen-bond donors (Lipinski definition) is 1. The van der Waals surface area contributed by atoms with E-state index < -0.39 is 27.0 Å². The SMILES string of the molecule is CC1CCN(c2cc(S(=O)(=O)NC3(C#N)CC3)cc3c2cnn3-c2nnc(C(F)F)s2)C1. The lowest BCUT2D eigenvalue weighted by Crippen LogP contribution is -2.35. The summed E-state index contributed by atoms with van der Waals surface area (Å²) in [5.41, 5.74) is 0.0435. The zero-order valence-electron chi connectivity index (χ0n) is 17.0. The van der Waals surface area contributed by atoms with Crippen molar-refractivity contribution < 1.29 is 17.2 Å². The molecule has 2 fully saturated rings. The average Bonchev–Trinajstić information content (AvgIpc) is 3.14. The van der Waals surface area contributed by atoms with Crippen molar-refractivity contribution in [1.82, 2.24) is 24.7 Å². The lowest BCUT2D eigenvalue weighted by Gasteiger charge is -2.21. The first kappa shape index (κ1) is 21.2. The standard InChI is InChI=1S/C19H19F2N7O2S2/c1-11-2-5-27(9-11)14-6-12(32(29,30)26-19(10-22)3-4-19)7-15-13(14)8-23-28(15)18-25-24-17(31-18)16(20)21/h6-8,11,16,26H,2-5,9H2,1H3. The number of nitrogens with zero attached hydrogens (tertiary/aromatic N) is 6. The van der Waals surface area contributed by atoms with Gasteiger partial charge in [0.05, 0.1) is 22.7 Å². The van der Waals surface area contributed by atoms with Crippen LogP contribution in [0.4, 0.5) is 14.5 Å². The molecule has 1 aromatic carbocycles. The summed E-state index contributed by atoms with van der Waals surface area (Å²) in [5.74, 6) is 0.448. The molecule has 0 radical (unpaired) electrons. The summed E-state index contributed by atoms with van der Waals surface area (Å²) in [5, 5.41) is 21.3. The predicted molar refractivity (Wildman–Crippen MR) is 113 cm³/mol. The van der Waals surface area contributed by atoms with Crippen molar-refractivity contribution in [2.24, 2.45) is 5.92 Å². The van der Waals surface area contributed by atoms with E-state index >= 15 is 0 Å². The molecule has 1 saturated heterocycles. The van der Waals surface area contributed by atoms with Crippen LogP contribution in [0.2, 0.25) is 0 Å². The van der Waals surface area contributed by atoms with Crippen LogP contribution in [0.15, 0.2) is 23.2 Å². The highest BCUT2D eigenvalue weighted by Gasteiger charge is 2.47. The normalized spacial score (nSPS) is 20.2. The average molecular weight is 480 g/mol. The predicted octanol–water partition coefficient (Wildman–Crippen LogP) is 3.00. The van der Waals surface area contributed by atoms with Gasteiger partial charge in [-0.1, -0.05) is 18.3 Å². The van der Waals surface area contributed by atoms with E-state index in [9.17, 15) is 22.5 Å². The van der Waals surface area contributed by atoms with Crippen molar-refractivity contribution in [1.29, 1.82) is 5.26 Å². The fraction of sp³-hybridized carbons (Fsp3) is 0.474. The Bertz CT molecular complexity index is 1340. The van der Waals surface area contributed by atoms with Gasteiger partial charge in [0, 0.05) is 24.2 Å². The molecule has 0 spiro atoms. The number of nitriles is 1. The quantitative estimate of drug-likeness (QED) is 0.578. The van der Waals surface area contributed by atoms with Crippen LogP contribution in [0.25, 0.3) is 16.0 Å². The molecule has 1 atom stereocenters. The van der Waals surface area contributed by atoms with Gasteiger partial charge in [-0.2, -0.15) is 15.1 Å². The Hall–Kier alpha value is -2.69. The zero-order valence-corrected chi connectivity index (χ0v) is 18.6. The second kappa shape index (κ2) is 7.43. The van der Waals surface area contributed by atoms with Crippen LogP contribution in [-0.4, -0.2) is 47.0 Å². The number of hydrogen-bond acceptors (Lipinski definition) is 8. The van der Waals surface area contributed by atoms with Crippen molar-refractivity contribution in [3.63, 3.8) is 0 Å². The molecule has 0 amide bonds. The van der Waals surface area contributed by atoms with Crippen molar-refractivity contribution in [2.45, 2.75) is 43.0 Å². The van der Waals surface area contributed by atoms with E-state index in [4.69, 9.17) is 0 Å². The van der Waals surface area contributed by atoms with E-state index in [1.54, 1.807) is 12.3 Å². The molecular weight excluding hydrogens is 460 g/mol. The second-order valence-corrected chi connectivity index (χ2v) is 11.0. The topological polar surface area (TPSA) is 117 Å². The van der Waals surface area contributed by atoms with Gasteiger partial charge in [0.1, 0.15) is 5.54 Å². The minimum absolute atomic E-state index is 0.0126. The van der Waals surface area contributed by atoms with Crippen molar-refractivity contribution in [3.8, 4) is 11.2 Å². The molecule has 2 aromatic heterocycles. The van der Waals surface area contributed by atoms with Crippen LogP contribution in [0.3, 0.4) is 0 Å². The molecule has 2 aliphatic rings. The number of anilines is 1. The Balaban J connectivity index is 1.66. The molecular formula is C19H19F2N7O2S2. The van der Waals surface area contributed by atoms with Gasteiger partial charge in [-0.05, 0) is 37.3 Å². The van der Waals surface area contributed by atoms with Crippen LogP contribution < -0.4 is 9.62 Å². The molecule has 1 N–H and O–H groups in total. The number of sulfonamides is 1.